The molecule has 2 heterocycles. The highest BCUT2D eigenvalue weighted by Gasteiger charge is 2.32. The number of benzene rings is 2. The predicted molar refractivity (Wildman–Crippen MR) is 134 cm³/mol. The Balaban J connectivity index is 1.41. The fourth-order valence-corrected chi connectivity index (χ4v) is 5.21. The average Bonchev–Trinajstić information content (AvgIpc) is 3.28. The molecule has 1 atom stereocenters. The van der Waals surface area contributed by atoms with Crippen LogP contribution in [0.1, 0.15) is 53.0 Å². The van der Waals surface area contributed by atoms with Crippen LogP contribution in [0.4, 0.5) is 0 Å². The van der Waals surface area contributed by atoms with Crippen molar-refractivity contribution >= 4 is 5.91 Å². The van der Waals surface area contributed by atoms with Crippen molar-refractivity contribution in [3.8, 4) is 11.4 Å². The molecule has 0 spiro atoms. The van der Waals surface area contributed by atoms with Crippen LogP contribution in [0, 0.1) is 0 Å². The number of carbonyl (C=O) groups excluding carboxylic acids is 1. The number of piperidine rings is 1. The Labute approximate surface area is 201 Å². The van der Waals surface area contributed by atoms with Gasteiger partial charge in [-0.05, 0) is 69.2 Å². The first-order chi connectivity index (χ1) is 16.7. The lowest BCUT2D eigenvalue weighted by atomic mass is 9.91. The number of nitrogens with zero attached hydrogens (tertiary/aromatic N) is 3. The van der Waals surface area contributed by atoms with Gasteiger partial charge in [-0.2, -0.15) is 5.10 Å². The summed E-state index contributed by atoms with van der Waals surface area (Å²) in [5.74, 6) is 0.879. The van der Waals surface area contributed by atoms with E-state index in [4.69, 9.17) is 9.84 Å². The Kier molecular flexibility index (Phi) is 6.95. The number of rotatable bonds is 7. The van der Waals surface area contributed by atoms with Gasteiger partial charge >= 0.3 is 0 Å². The Bertz CT molecular complexity index is 1120. The molecule has 0 radical (unpaired) electrons. The third kappa shape index (κ3) is 4.87. The van der Waals surface area contributed by atoms with Gasteiger partial charge in [-0.25, -0.2) is 4.68 Å². The van der Waals surface area contributed by atoms with Gasteiger partial charge < -0.3 is 15.0 Å². The van der Waals surface area contributed by atoms with E-state index in [2.05, 4.69) is 35.6 Å². The Morgan fingerprint density at radius 1 is 1.09 bits per heavy atom. The molecule has 1 aliphatic carbocycles. The van der Waals surface area contributed by atoms with E-state index in [0.717, 1.165) is 86.5 Å². The SMILES string of the molecule is COc1cccc(-n2nc3c(c2C(=O)N2CCCCC2)CC(NCCc2ccccc2)CC3)c1. The number of nitrogens with one attached hydrogen (secondary N) is 1. The molecule has 0 bridgehead atoms. The fraction of sp³-hybridized carbons (Fsp3) is 0.429. The van der Waals surface area contributed by atoms with Gasteiger partial charge in [0.15, 0.2) is 0 Å². The maximum atomic E-state index is 13.8. The summed E-state index contributed by atoms with van der Waals surface area (Å²) in [4.78, 5) is 15.8. The Hall–Kier alpha value is -3.12. The molecule has 34 heavy (non-hydrogen) atoms. The smallest absolute Gasteiger partial charge is 0.272 e. The maximum absolute atomic E-state index is 13.8. The molecule has 1 amide bonds. The van der Waals surface area contributed by atoms with Crippen LogP contribution in [-0.2, 0) is 19.3 Å². The molecule has 5 rings (SSSR count). The predicted octanol–water partition coefficient (Wildman–Crippen LogP) is 4.20. The molecule has 1 aromatic heterocycles. The van der Waals surface area contributed by atoms with E-state index in [1.165, 1.54) is 12.0 Å². The number of likely N-dealkylation sites (tertiary alicyclic amines) is 1. The number of hydrogen-bond donors (Lipinski definition) is 1. The van der Waals surface area contributed by atoms with Gasteiger partial charge in [0.2, 0.25) is 0 Å². The van der Waals surface area contributed by atoms with Crippen molar-refractivity contribution in [2.75, 3.05) is 26.7 Å². The van der Waals surface area contributed by atoms with Crippen molar-refractivity contribution in [2.45, 2.75) is 51.0 Å². The topological polar surface area (TPSA) is 59.4 Å². The van der Waals surface area contributed by atoms with Crippen molar-refractivity contribution in [1.29, 1.82) is 0 Å². The van der Waals surface area contributed by atoms with E-state index >= 15 is 0 Å². The number of amides is 1. The summed E-state index contributed by atoms with van der Waals surface area (Å²) >= 11 is 0. The van der Waals surface area contributed by atoms with E-state index in [9.17, 15) is 4.79 Å². The maximum Gasteiger partial charge on any atom is 0.272 e. The molecule has 0 saturated carbocycles. The van der Waals surface area contributed by atoms with Crippen LogP contribution in [0.25, 0.3) is 5.69 Å². The largest absolute Gasteiger partial charge is 0.497 e. The Morgan fingerprint density at radius 3 is 2.71 bits per heavy atom. The fourth-order valence-electron chi connectivity index (χ4n) is 5.21. The summed E-state index contributed by atoms with van der Waals surface area (Å²) in [7, 11) is 1.67. The third-order valence-electron chi connectivity index (χ3n) is 7.08. The lowest BCUT2D eigenvalue weighted by Gasteiger charge is -2.28. The van der Waals surface area contributed by atoms with E-state index in [0.29, 0.717) is 6.04 Å². The van der Waals surface area contributed by atoms with Crippen molar-refractivity contribution in [3.05, 3.63) is 77.1 Å². The van der Waals surface area contributed by atoms with Crippen LogP contribution >= 0.6 is 0 Å². The standard InChI is InChI=1S/C28H34N4O2/c1-34-24-12-8-11-23(20-24)32-27(28(33)31-17-6-3-7-18-31)25-19-22(13-14-26(25)30-32)29-16-15-21-9-4-2-5-10-21/h2,4-5,8-12,20,22,29H,3,6-7,13-19H2,1H3. The zero-order chi connectivity index (χ0) is 23.3. The average molecular weight is 459 g/mol. The lowest BCUT2D eigenvalue weighted by molar-refractivity contribution is 0.0713. The minimum atomic E-state index is 0.112. The van der Waals surface area contributed by atoms with Crippen LogP contribution in [-0.4, -0.2) is 53.4 Å². The molecule has 6 nitrogen and oxygen atoms in total. The summed E-state index contributed by atoms with van der Waals surface area (Å²) in [6, 6.07) is 18.8. The first-order valence-electron chi connectivity index (χ1n) is 12.5. The number of hydrogen-bond acceptors (Lipinski definition) is 4. The summed E-state index contributed by atoms with van der Waals surface area (Å²) in [6.07, 6.45) is 7.11. The van der Waals surface area contributed by atoms with Gasteiger partial charge in [-0.1, -0.05) is 36.4 Å². The van der Waals surface area contributed by atoms with Crippen molar-refractivity contribution < 1.29 is 9.53 Å². The number of aryl methyl sites for hydroxylation is 1. The molecule has 2 aliphatic rings. The minimum Gasteiger partial charge on any atom is -0.497 e. The number of ether oxygens (including phenoxy) is 1. The molecule has 1 fully saturated rings. The summed E-state index contributed by atoms with van der Waals surface area (Å²) < 4.78 is 7.32. The van der Waals surface area contributed by atoms with Crippen molar-refractivity contribution in [1.82, 2.24) is 20.0 Å². The highest BCUT2D eigenvalue weighted by Crippen LogP contribution is 2.29. The van der Waals surface area contributed by atoms with Crippen molar-refractivity contribution in [2.24, 2.45) is 0 Å². The molecule has 2 aromatic carbocycles. The van der Waals surface area contributed by atoms with Crippen LogP contribution in [0.15, 0.2) is 54.6 Å². The molecular formula is C28H34N4O2. The van der Waals surface area contributed by atoms with E-state index in [1.807, 2.05) is 33.8 Å². The second kappa shape index (κ2) is 10.4. The zero-order valence-corrected chi connectivity index (χ0v) is 20.0. The van der Waals surface area contributed by atoms with Crippen LogP contribution in [0.5, 0.6) is 5.75 Å². The van der Waals surface area contributed by atoms with E-state index in [1.54, 1.807) is 7.11 Å². The van der Waals surface area contributed by atoms with Gasteiger partial charge in [-0.3, -0.25) is 4.79 Å². The summed E-state index contributed by atoms with van der Waals surface area (Å²) in [6.45, 7) is 2.59. The number of methoxy groups -OCH3 is 1. The van der Waals surface area contributed by atoms with Crippen LogP contribution in [0.3, 0.4) is 0 Å². The van der Waals surface area contributed by atoms with Crippen LogP contribution < -0.4 is 10.1 Å². The van der Waals surface area contributed by atoms with Gasteiger partial charge in [0.05, 0.1) is 18.5 Å². The monoisotopic (exact) mass is 458 g/mol. The van der Waals surface area contributed by atoms with Gasteiger partial charge in [0.25, 0.3) is 5.91 Å². The normalized spacial score (nSPS) is 17.9. The number of carbonyl (C=O) groups is 1. The first-order valence-corrected chi connectivity index (χ1v) is 12.5. The lowest BCUT2D eigenvalue weighted by Crippen LogP contribution is -2.39. The van der Waals surface area contributed by atoms with Crippen molar-refractivity contribution in [3.63, 3.8) is 0 Å². The molecule has 178 valence electrons. The molecule has 1 saturated heterocycles. The van der Waals surface area contributed by atoms with E-state index < -0.39 is 0 Å². The molecular weight excluding hydrogens is 424 g/mol. The Morgan fingerprint density at radius 2 is 1.91 bits per heavy atom. The quantitative estimate of drug-likeness (QED) is 0.577. The molecule has 1 aliphatic heterocycles. The molecule has 6 heteroatoms. The van der Waals surface area contributed by atoms with E-state index in [-0.39, 0.29) is 5.91 Å². The van der Waals surface area contributed by atoms with Gasteiger partial charge in [0, 0.05) is 30.8 Å². The highest BCUT2D eigenvalue weighted by molar-refractivity contribution is 5.95. The minimum absolute atomic E-state index is 0.112. The second-order valence-corrected chi connectivity index (χ2v) is 9.37. The summed E-state index contributed by atoms with van der Waals surface area (Å²) in [5, 5.41) is 8.70. The molecule has 1 unspecified atom stereocenters. The van der Waals surface area contributed by atoms with Crippen LogP contribution in [0.2, 0.25) is 0 Å². The van der Waals surface area contributed by atoms with Gasteiger partial charge in [0.1, 0.15) is 11.4 Å². The van der Waals surface area contributed by atoms with Gasteiger partial charge in [-0.15, -0.1) is 0 Å². The molecule has 3 aromatic rings. The zero-order valence-electron chi connectivity index (χ0n) is 20.0. The second-order valence-electron chi connectivity index (χ2n) is 9.37. The first kappa shape index (κ1) is 22.7. The molecule has 1 N–H and O–H groups in total. The highest BCUT2D eigenvalue weighted by atomic mass is 16.5. The number of fused-ring (bicyclic) bond motifs is 1. The summed E-state index contributed by atoms with van der Waals surface area (Å²) in [5.41, 5.74) is 5.13. The third-order valence-corrected chi connectivity index (χ3v) is 7.08. The number of aromatic nitrogens is 2.